The van der Waals surface area contributed by atoms with Crippen molar-refractivity contribution in [1.82, 2.24) is 0 Å². The summed E-state index contributed by atoms with van der Waals surface area (Å²) in [5.41, 5.74) is 1.20. The molecule has 3 atom stereocenters. The Morgan fingerprint density at radius 2 is 2.05 bits per heavy atom. The molecular weight excluding hydrogens is 328 g/mol. The lowest BCUT2D eigenvalue weighted by Crippen LogP contribution is -2.34. The predicted molar refractivity (Wildman–Crippen MR) is 90.6 cm³/mol. The summed E-state index contributed by atoms with van der Waals surface area (Å²) in [5.74, 6) is 3.05. The number of benzene rings is 1. The van der Waals surface area contributed by atoms with Crippen LogP contribution < -0.4 is 4.74 Å². The van der Waals surface area contributed by atoms with Crippen LogP contribution in [0.1, 0.15) is 45.6 Å². The first-order valence-electron chi connectivity index (χ1n) is 7.95. The van der Waals surface area contributed by atoms with Crippen LogP contribution in [0.25, 0.3) is 0 Å². The van der Waals surface area contributed by atoms with Crippen LogP contribution in [0.4, 0.5) is 0 Å². The van der Waals surface area contributed by atoms with Gasteiger partial charge in [0.1, 0.15) is 5.75 Å². The molecule has 1 aromatic rings. The zero-order chi connectivity index (χ0) is 15.4. The second-order valence-corrected chi connectivity index (χ2v) is 7.50. The SMILES string of the molecule is COc1ccc(COC2CC(C)CCC2C(C)C)cc1Br. The molecule has 21 heavy (non-hydrogen) atoms. The van der Waals surface area contributed by atoms with Gasteiger partial charge in [0.05, 0.1) is 24.3 Å². The highest BCUT2D eigenvalue weighted by atomic mass is 79.9. The zero-order valence-corrected chi connectivity index (χ0v) is 15.2. The van der Waals surface area contributed by atoms with Crippen LogP contribution in [-0.4, -0.2) is 13.2 Å². The van der Waals surface area contributed by atoms with E-state index in [2.05, 4.69) is 48.8 Å². The maximum atomic E-state index is 6.28. The Bertz CT molecular complexity index is 459. The van der Waals surface area contributed by atoms with Gasteiger partial charge in [-0.25, -0.2) is 0 Å². The molecule has 0 bridgehead atoms. The van der Waals surface area contributed by atoms with Crippen molar-refractivity contribution in [2.24, 2.45) is 17.8 Å². The van der Waals surface area contributed by atoms with Gasteiger partial charge >= 0.3 is 0 Å². The average Bonchev–Trinajstić information content (AvgIpc) is 2.45. The average molecular weight is 355 g/mol. The molecule has 0 spiro atoms. The molecule has 2 rings (SSSR count). The molecule has 3 heteroatoms. The Balaban J connectivity index is 1.98. The molecule has 0 saturated heterocycles. The standard InChI is InChI=1S/C18H27BrO2/c1-12(2)15-7-5-13(3)9-18(15)21-11-14-6-8-17(20-4)16(19)10-14/h6,8,10,12-13,15,18H,5,7,9,11H2,1-4H3. The molecule has 0 N–H and O–H groups in total. The van der Waals surface area contributed by atoms with Crippen molar-refractivity contribution < 1.29 is 9.47 Å². The largest absolute Gasteiger partial charge is 0.496 e. The van der Waals surface area contributed by atoms with Crippen molar-refractivity contribution in [1.29, 1.82) is 0 Å². The monoisotopic (exact) mass is 354 g/mol. The van der Waals surface area contributed by atoms with E-state index in [1.54, 1.807) is 7.11 Å². The molecule has 0 aromatic heterocycles. The predicted octanol–water partition coefficient (Wildman–Crippen LogP) is 5.44. The highest BCUT2D eigenvalue weighted by molar-refractivity contribution is 9.10. The third-order valence-electron chi connectivity index (χ3n) is 4.64. The van der Waals surface area contributed by atoms with Crippen LogP contribution in [-0.2, 0) is 11.3 Å². The van der Waals surface area contributed by atoms with Crippen molar-refractivity contribution in [2.75, 3.05) is 7.11 Å². The summed E-state index contributed by atoms with van der Waals surface area (Å²) < 4.78 is 12.5. The third-order valence-corrected chi connectivity index (χ3v) is 5.26. The molecule has 0 radical (unpaired) electrons. The molecule has 0 amide bonds. The fraction of sp³-hybridized carbons (Fsp3) is 0.667. The van der Waals surface area contributed by atoms with E-state index in [1.807, 2.05) is 6.07 Å². The zero-order valence-electron chi connectivity index (χ0n) is 13.6. The van der Waals surface area contributed by atoms with Crippen LogP contribution in [0.15, 0.2) is 22.7 Å². The van der Waals surface area contributed by atoms with E-state index in [4.69, 9.17) is 9.47 Å². The van der Waals surface area contributed by atoms with Crippen LogP contribution in [0.3, 0.4) is 0 Å². The van der Waals surface area contributed by atoms with Gasteiger partial charge < -0.3 is 9.47 Å². The molecule has 1 saturated carbocycles. The smallest absolute Gasteiger partial charge is 0.133 e. The first-order valence-corrected chi connectivity index (χ1v) is 8.74. The first-order chi connectivity index (χ1) is 10.0. The number of hydrogen-bond acceptors (Lipinski definition) is 2. The van der Waals surface area contributed by atoms with Gasteiger partial charge in [0.2, 0.25) is 0 Å². The number of methoxy groups -OCH3 is 1. The van der Waals surface area contributed by atoms with Crippen molar-refractivity contribution in [3.05, 3.63) is 28.2 Å². The lowest BCUT2D eigenvalue weighted by atomic mass is 9.75. The molecule has 1 aliphatic carbocycles. The van der Waals surface area contributed by atoms with Crippen molar-refractivity contribution in [3.8, 4) is 5.75 Å². The quantitative estimate of drug-likeness (QED) is 0.701. The number of ether oxygens (including phenoxy) is 2. The second-order valence-electron chi connectivity index (χ2n) is 6.64. The van der Waals surface area contributed by atoms with Crippen LogP contribution >= 0.6 is 15.9 Å². The molecule has 3 unspecified atom stereocenters. The number of halogens is 1. The van der Waals surface area contributed by atoms with Gasteiger partial charge in [0.25, 0.3) is 0 Å². The van der Waals surface area contributed by atoms with Gasteiger partial charge in [-0.3, -0.25) is 0 Å². The third kappa shape index (κ3) is 4.46. The maximum Gasteiger partial charge on any atom is 0.133 e. The molecular formula is C18H27BrO2. The van der Waals surface area contributed by atoms with Crippen LogP contribution in [0, 0.1) is 17.8 Å². The van der Waals surface area contributed by atoms with Gasteiger partial charge in [-0.2, -0.15) is 0 Å². The Labute approximate surface area is 137 Å². The van der Waals surface area contributed by atoms with Gasteiger partial charge in [0.15, 0.2) is 0 Å². The summed E-state index contributed by atoms with van der Waals surface area (Å²) in [5, 5.41) is 0. The molecule has 2 nitrogen and oxygen atoms in total. The van der Waals surface area contributed by atoms with E-state index >= 15 is 0 Å². The normalized spacial score (nSPS) is 26.1. The first kappa shape index (κ1) is 16.8. The van der Waals surface area contributed by atoms with E-state index in [1.165, 1.54) is 24.8 Å². The molecule has 1 aromatic carbocycles. The highest BCUT2D eigenvalue weighted by Crippen LogP contribution is 2.36. The van der Waals surface area contributed by atoms with Gasteiger partial charge in [-0.15, -0.1) is 0 Å². The lowest BCUT2D eigenvalue weighted by molar-refractivity contribution is -0.0472. The second kappa shape index (κ2) is 7.64. The van der Waals surface area contributed by atoms with Crippen molar-refractivity contribution in [3.63, 3.8) is 0 Å². The molecule has 1 aliphatic rings. The molecule has 0 aliphatic heterocycles. The van der Waals surface area contributed by atoms with Gasteiger partial charge in [-0.1, -0.05) is 33.3 Å². The summed E-state index contributed by atoms with van der Waals surface area (Å²) in [7, 11) is 1.69. The fourth-order valence-electron chi connectivity index (χ4n) is 3.31. The Kier molecular flexibility index (Phi) is 6.12. The summed E-state index contributed by atoms with van der Waals surface area (Å²) in [6, 6.07) is 6.17. The minimum Gasteiger partial charge on any atom is -0.496 e. The maximum absolute atomic E-state index is 6.28. The Hall–Kier alpha value is -0.540. The summed E-state index contributed by atoms with van der Waals surface area (Å²) in [6.07, 6.45) is 4.24. The number of rotatable bonds is 5. The van der Waals surface area contributed by atoms with E-state index in [0.29, 0.717) is 24.5 Å². The Morgan fingerprint density at radius 1 is 1.29 bits per heavy atom. The van der Waals surface area contributed by atoms with Crippen LogP contribution in [0.2, 0.25) is 0 Å². The summed E-state index contributed by atoms with van der Waals surface area (Å²) in [6.45, 7) is 7.67. The highest BCUT2D eigenvalue weighted by Gasteiger charge is 2.31. The molecule has 0 heterocycles. The van der Waals surface area contributed by atoms with Gasteiger partial charge in [-0.05, 0) is 64.2 Å². The molecule has 1 fully saturated rings. The minimum atomic E-state index is 0.398. The number of hydrogen-bond donors (Lipinski definition) is 0. The van der Waals surface area contributed by atoms with Crippen molar-refractivity contribution >= 4 is 15.9 Å². The minimum absolute atomic E-state index is 0.398. The summed E-state index contributed by atoms with van der Waals surface area (Å²) >= 11 is 3.54. The van der Waals surface area contributed by atoms with E-state index in [-0.39, 0.29) is 0 Å². The van der Waals surface area contributed by atoms with Crippen molar-refractivity contribution in [2.45, 2.75) is 52.7 Å². The van der Waals surface area contributed by atoms with Crippen LogP contribution in [0.5, 0.6) is 5.75 Å². The van der Waals surface area contributed by atoms with E-state index in [0.717, 1.165) is 16.1 Å². The molecule has 118 valence electrons. The topological polar surface area (TPSA) is 18.5 Å². The van der Waals surface area contributed by atoms with E-state index < -0.39 is 0 Å². The summed E-state index contributed by atoms with van der Waals surface area (Å²) in [4.78, 5) is 0. The van der Waals surface area contributed by atoms with Gasteiger partial charge in [0, 0.05) is 0 Å². The Morgan fingerprint density at radius 3 is 2.67 bits per heavy atom. The van der Waals surface area contributed by atoms with E-state index in [9.17, 15) is 0 Å². The fourth-order valence-corrected chi connectivity index (χ4v) is 3.90. The lowest BCUT2D eigenvalue weighted by Gasteiger charge is -2.37.